The van der Waals surface area contributed by atoms with Crippen molar-refractivity contribution in [2.75, 3.05) is 0 Å². The number of carbonyl (C=O) groups excluding carboxylic acids is 2. The lowest BCUT2D eigenvalue weighted by molar-refractivity contribution is -0.148. The van der Waals surface area contributed by atoms with Gasteiger partial charge >= 0.3 is 5.97 Å². The van der Waals surface area contributed by atoms with Gasteiger partial charge in [-0.25, -0.2) is 9.18 Å². The Balaban J connectivity index is 1.48. The minimum absolute atomic E-state index is 0.0907. The molecule has 1 aliphatic heterocycles. The number of fused-ring (bicyclic) bond motifs is 1. The number of esters is 1. The molecule has 0 fully saturated rings. The van der Waals surface area contributed by atoms with Crippen LogP contribution in [0, 0.1) is 11.7 Å². The van der Waals surface area contributed by atoms with Gasteiger partial charge in [0.2, 0.25) is 6.29 Å². The van der Waals surface area contributed by atoms with Crippen LogP contribution in [0.4, 0.5) is 4.39 Å². The average molecular weight is 453 g/mol. The molecule has 8 heteroatoms. The second kappa shape index (κ2) is 9.87. The molecule has 2 aromatic carbocycles. The zero-order valence-corrected chi connectivity index (χ0v) is 18.2. The van der Waals surface area contributed by atoms with Crippen LogP contribution >= 0.6 is 0 Å². The van der Waals surface area contributed by atoms with Crippen molar-refractivity contribution >= 4 is 11.9 Å². The SMILES string of the molecule is CC(C)[C@H](NC(=O)c1ccco1)C(=O)OCc1cc(F)cc2c1O[C@H](c1ccccc1)OC2. The van der Waals surface area contributed by atoms with E-state index in [1.54, 1.807) is 19.9 Å². The van der Waals surface area contributed by atoms with E-state index in [4.69, 9.17) is 18.6 Å². The van der Waals surface area contributed by atoms with Crippen LogP contribution in [0.1, 0.15) is 47.4 Å². The van der Waals surface area contributed by atoms with Gasteiger partial charge in [0.25, 0.3) is 5.91 Å². The third-order valence-electron chi connectivity index (χ3n) is 5.22. The van der Waals surface area contributed by atoms with Gasteiger partial charge in [-0.15, -0.1) is 0 Å². The summed E-state index contributed by atoms with van der Waals surface area (Å²) in [5.74, 6) is -1.39. The van der Waals surface area contributed by atoms with Crippen LogP contribution in [0.25, 0.3) is 0 Å². The molecule has 0 aliphatic carbocycles. The molecule has 0 radical (unpaired) electrons. The molecule has 1 N–H and O–H groups in total. The molecule has 1 aromatic heterocycles. The van der Waals surface area contributed by atoms with Crippen LogP contribution in [0.15, 0.2) is 65.3 Å². The molecule has 1 amide bonds. The monoisotopic (exact) mass is 453 g/mol. The number of amides is 1. The fourth-order valence-corrected chi connectivity index (χ4v) is 3.52. The molecule has 172 valence electrons. The molecule has 0 bridgehead atoms. The van der Waals surface area contributed by atoms with Gasteiger partial charge in [0.05, 0.1) is 12.9 Å². The fourth-order valence-electron chi connectivity index (χ4n) is 3.52. The molecule has 3 aromatic rings. The first-order valence-corrected chi connectivity index (χ1v) is 10.6. The van der Waals surface area contributed by atoms with Crippen molar-refractivity contribution in [1.82, 2.24) is 5.32 Å². The Morgan fingerprint density at radius 1 is 1.15 bits per heavy atom. The molecule has 2 atom stereocenters. The normalized spacial score (nSPS) is 15.9. The third-order valence-corrected chi connectivity index (χ3v) is 5.22. The number of benzene rings is 2. The number of rotatable bonds is 7. The first-order chi connectivity index (χ1) is 15.9. The Morgan fingerprint density at radius 3 is 2.64 bits per heavy atom. The van der Waals surface area contributed by atoms with E-state index >= 15 is 0 Å². The van der Waals surface area contributed by atoms with E-state index in [0.29, 0.717) is 16.9 Å². The maximum Gasteiger partial charge on any atom is 0.329 e. The van der Waals surface area contributed by atoms with Crippen molar-refractivity contribution in [1.29, 1.82) is 0 Å². The summed E-state index contributed by atoms with van der Waals surface area (Å²) in [7, 11) is 0. The molecule has 2 heterocycles. The maximum atomic E-state index is 14.2. The third kappa shape index (κ3) is 5.23. The second-order valence-electron chi connectivity index (χ2n) is 8.00. The largest absolute Gasteiger partial charge is 0.460 e. The van der Waals surface area contributed by atoms with Crippen LogP contribution in [0.3, 0.4) is 0 Å². The highest BCUT2D eigenvalue weighted by molar-refractivity contribution is 5.94. The summed E-state index contributed by atoms with van der Waals surface area (Å²) in [4.78, 5) is 25.1. The van der Waals surface area contributed by atoms with Gasteiger partial charge in [-0.1, -0.05) is 44.2 Å². The smallest absolute Gasteiger partial charge is 0.329 e. The zero-order valence-electron chi connectivity index (χ0n) is 18.2. The molecule has 0 unspecified atom stereocenters. The average Bonchev–Trinajstić information content (AvgIpc) is 3.36. The highest BCUT2D eigenvalue weighted by atomic mass is 19.1. The standard InChI is InChI=1S/C25H24FNO6/c1-15(2)21(27-23(28)20-9-6-10-30-20)24(29)31-13-17-11-19(26)12-18-14-32-25(33-22(17)18)16-7-4-3-5-8-16/h3-12,15,21,25H,13-14H2,1-2H3,(H,27,28)/t21-,25+/m0/s1. The van der Waals surface area contributed by atoms with Crippen molar-refractivity contribution in [3.63, 3.8) is 0 Å². The molecule has 0 saturated heterocycles. The van der Waals surface area contributed by atoms with Gasteiger partial charge in [-0.3, -0.25) is 4.79 Å². The Hall–Kier alpha value is -3.65. The van der Waals surface area contributed by atoms with E-state index in [2.05, 4.69) is 5.32 Å². The molecular formula is C25H24FNO6. The summed E-state index contributed by atoms with van der Waals surface area (Å²) in [6, 6.07) is 14.1. The van der Waals surface area contributed by atoms with E-state index in [1.165, 1.54) is 24.5 Å². The van der Waals surface area contributed by atoms with Gasteiger partial charge in [-0.05, 0) is 30.2 Å². The van der Waals surface area contributed by atoms with E-state index in [-0.39, 0.29) is 24.9 Å². The summed E-state index contributed by atoms with van der Waals surface area (Å²) >= 11 is 0. The van der Waals surface area contributed by atoms with Crippen molar-refractivity contribution in [3.8, 4) is 5.75 Å². The molecule has 7 nitrogen and oxygen atoms in total. The molecule has 4 rings (SSSR count). The van der Waals surface area contributed by atoms with Crippen molar-refractivity contribution in [3.05, 3.63) is 89.1 Å². The van der Waals surface area contributed by atoms with Crippen LogP contribution in [0.5, 0.6) is 5.75 Å². The molecule has 0 spiro atoms. The van der Waals surface area contributed by atoms with Gasteiger partial charge < -0.3 is 23.9 Å². The number of halogens is 1. The number of ether oxygens (including phenoxy) is 3. The lowest BCUT2D eigenvalue weighted by Crippen LogP contribution is -2.45. The first kappa shape index (κ1) is 22.5. The van der Waals surface area contributed by atoms with Gasteiger partial charge in [0, 0.05) is 16.7 Å². The van der Waals surface area contributed by atoms with Crippen LogP contribution in [-0.4, -0.2) is 17.9 Å². The topological polar surface area (TPSA) is 87.0 Å². The van der Waals surface area contributed by atoms with Gasteiger partial charge in [0.1, 0.15) is 24.2 Å². The Bertz CT molecular complexity index is 1110. The van der Waals surface area contributed by atoms with E-state index in [0.717, 1.165) is 5.56 Å². The molecule has 33 heavy (non-hydrogen) atoms. The van der Waals surface area contributed by atoms with Crippen molar-refractivity contribution in [2.24, 2.45) is 5.92 Å². The van der Waals surface area contributed by atoms with Crippen LogP contribution < -0.4 is 10.1 Å². The van der Waals surface area contributed by atoms with Crippen molar-refractivity contribution in [2.45, 2.75) is 39.4 Å². The molecular weight excluding hydrogens is 429 g/mol. The van der Waals surface area contributed by atoms with E-state index in [1.807, 2.05) is 30.3 Å². The van der Waals surface area contributed by atoms with E-state index < -0.39 is 30.0 Å². The Morgan fingerprint density at radius 2 is 1.94 bits per heavy atom. The number of nitrogens with one attached hydrogen (secondary N) is 1. The predicted octanol–water partition coefficient (Wildman–Crippen LogP) is 4.52. The van der Waals surface area contributed by atoms with Crippen LogP contribution in [-0.2, 0) is 27.5 Å². The maximum absolute atomic E-state index is 14.2. The zero-order chi connectivity index (χ0) is 23.4. The fraction of sp³-hybridized carbons (Fsp3) is 0.280. The lowest BCUT2D eigenvalue weighted by Gasteiger charge is -2.28. The molecule has 1 aliphatic rings. The summed E-state index contributed by atoms with van der Waals surface area (Å²) in [5, 5.41) is 2.62. The van der Waals surface area contributed by atoms with Gasteiger partial charge in [0.15, 0.2) is 5.76 Å². The summed E-state index contributed by atoms with van der Waals surface area (Å²) in [6.45, 7) is 3.49. The predicted molar refractivity (Wildman–Crippen MR) is 116 cm³/mol. The van der Waals surface area contributed by atoms with Crippen LogP contribution in [0.2, 0.25) is 0 Å². The van der Waals surface area contributed by atoms with Gasteiger partial charge in [-0.2, -0.15) is 0 Å². The summed E-state index contributed by atoms with van der Waals surface area (Å²) in [6.07, 6.45) is 0.714. The quantitative estimate of drug-likeness (QED) is 0.529. The summed E-state index contributed by atoms with van der Waals surface area (Å²) in [5.41, 5.74) is 1.72. The Labute approximate surface area is 190 Å². The lowest BCUT2D eigenvalue weighted by atomic mass is 10.0. The molecule has 0 saturated carbocycles. The van der Waals surface area contributed by atoms with E-state index in [9.17, 15) is 14.0 Å². The highest BCUT2D eigenvalue weighted by Gasteiger charge is 2.29. The number of carbonyl (C=O) groups is 2. The highest BCUT2D eigenvalue weighted by Crippen LogP contribution is 2.36. The minimum atomic E-state index is -0.909. The first-order valence-electron chi connectivity index (χ1n) is 10.6. The number of hydrogen-bond acceptors (Lipinski definition) is 6. The number of hydrogen-bond donors (Lipinski definition) is 1. The number of furan rings is 1. The second-order valence-corrected chi connectivity index (χ2v) is 8.00. The minimum Gasteiger partial charge on any atom is -0.460 e. The van der Waals surface area contributed by atoms with Crippen molar-refractivity contribution < 1.29 is 32.6 Å². The Kier molecular flexibility index (Phi) is 6.74. The summed E-state index contributed by atoms with van der Waals surface area (Å²) < 4.78 is 36.4.